The van der Waals surface area contributed by atoms with Crippen molar-refractivity contribution < 1.29 is 22.6 Å². The van der Waals surface area contributed by atoms with Crippen molar-refractivity contribution in [3.8, 4) is 17.2 Å². The van der Waals surface area contributed by atoms with Crippen LogP contribution in [-0.4, -0.2) is 41.1 Å². The molecule has 0 heterocycles. The minimum Gasteiger partial charge on any atom is -0.493 e. The summed E-state index contributed by atoms with van der Waals surface area (Å²) in [5.74, 6) is 1.44. The molecule has 2 aromatic rings. The van der Waals surface area contributed by atoms with Crippen LogP contribution in [0.2, 0.25) is 0 Å². The Labute approximate surface area is 149 Å². The molecule has 0 radical (unpaired) electrons. The molecule has 0 amide bonds. The molecule has 0 aliphatic rings. The Hall–Kier alpha value is -2.25. The summed E-state index contributed by atoms with van der Waals surface area (Å²) in [6.07, 6.45) is 0. The van der Waals surface area contributed by atoms with E-state index < -0.39 is 10.0 Å². The lowest BCUT2D eigenvalue weighted by molar-refractivity contribution is 0.323. The standard InChI is InChI=1S/C18H23NO5S/c1-13-6-8-15(9-7-13)25(20,21)19(2)12-14-10-16(22-3)18(24-5)17(11-14)23-4/h6-11H,12H2,1-5H3. The van der Waals surface area contributed by atoms with Crippen LogP contribution < -0.4 is 14.2 Å². The normalized spacial score (nSPS) is 11.4. The number of sulfonamides is 1. The first-order chi connectivity index (χ1) is 11.8. The lowest BCUT2D eigenvalue weighted by Crippen LogP contribution is -2.26. The zero-order chi connectivity index (χ0) is 18.6. The largest absolute Gasteiger partial charge is 0.493 e. The summed E-state index contributed by atoms with van der Waals surface area (Å²) in [5, 5.41) is 0. The third kappa shape index (κ3) is 4.05. The number of rotatable bonds is 7. The van der Waals surface area contributed by atoms with Gasteiger partial charge in [-0.1, -0.05) is 17.7 Å². The SMILES string of the molecule is COc1cc(CN(C)S(=O)(=O)c2ccc(C)cc2)cc(OC)c1OC. The van der Waals surface area contributed by atoms with E-state index in [9.17, 15) is 8.42 Å². The number of nitrogens with zero attached hydrogens (tertiary/aromatic N) is 1. The number of ether oxygens (including phenoxy) is 3. The lowest BCUT2D eigenvalue weighted by Gasteiger charge is -2.19. The van der Waals surface area contributed by atoms with Crippen LogP contribution in [-0.2, 0) is 16.6 Å². The van der Waals surface area contributed by atoms with Crippen molar-refractivity contribution in [2.24, 2.45) is 0 Å². The molecule has 0 N–H and O–H groups in total. The molecule has 0 saturated heterocycles. The van der Waals surface area contributed by atoms with Crippen LogP contribution in [0.3, 0.4) is 0 Å². The molecule has 0 aromatic heterocycles. The monoisotopic (exact) mass is 365 g/mol. The summed E-state index contributed by atoms with van der Waals surface area (Å²) in [5.41, 5.74) is 1.74. The quantitative estimate of drug-likeness (QED) is 0.755. The molecule has 0 fully saturated rings. The van der Waals surface area contributed by atoms with Gasteiger partial charge in [0.05, 0.1) is 26.2 Å². The molecular formula is C18H23NO5S. The first-order valence-corrected chi connectivity index (χ1v) is 9.09. The van der Waals surface area contributed by atoms with Gasteiger partial charge in [0, 0.05) is 13.6 Å². The zero-order valence-corrected chi connectivity index (χ0v) is 15.9. The molecule has 0 spiro atoms. The summed E-state index contributed by atoms with van der Waals surface area (Å²) >= 11 is 0. The highest BCUT2D eigenvalue weighted by atomic mass is 32.2. The molecule has 0 aliphatic carbocycles. The van der Waals surface area contributed by atoms with E-state index in [1.165, 1.54) is 25.6 Å². The Bertz CT molecular complexity index is 806. The van der Waals surface area contributed by atoms with Crippen LogP contribution >= 0.6 is 0 Å². The molecule has 0 saturated carbocycles. The van der Waals surface area contributed by atoms with Crippen LogP contribution in [0.15, 0.2) is 41.3 Å². The molecule has 136 valence electrons. The number of benzene rings is 2. The van der Waals surface area contributed by atoms with Crippen molar-refractivity contribution in [1.29, 1.82) is 0 Å². The second-order valence-corrected chi connectivity index (χ2v) is 7.65. The van der Waals surface area contributed by atoms with Crippen LogP contribution in [0.1, 0.15) is 11.1 Å². The summed E-state index contributed by atoms with van der Waals surface area (Å²) in [6.45, 7) is 2.09. The van der Waals surface area contributed by atoms with E-state index >= 15 is 0 Å². The molecule has 0 aliphatic heterocycles. The molecule has 2 rings (SSSR count). The van der Waals surface area contributed by atoms with Crippen LogP contribution in [0.4, 0.5) is 0 Å². The predicted molar refractivity (Wildman–Crippen MR) is 95.9 cm³/mol. The number of hydrogen-bond donors (Lipinski definition) is 0. The van der Waals surface area contributed by atoms with Crippen LogP contribution in [0.5, 0.6) is 17.2 Å². The third-order valence-electron chi connectivity index (χ3n) is 3.86. The van der Waals surface area contributed by atoms with E-state index in [1.54, 1.807) is 43.4 Å². The number of methoxy groups -OCH3 is 3. The molecule has 0 bridgehead atoms. The Kier molecular flexibility index (Phi) is 5.92. The Morgan fingerprint density at radius 3 is 1.88 bits per heavy atom. The highest BCUT2D eigenvalue weighted by Gasteiger charge is 2.22. The van der Waals surface area contributed by atoms with Crippen molar-refractivity contribution in [3.05, 3.63) is 47.5 Å². The summed E-state index contributed by atoms with van der Waals surface area (Å²) < 4.78 is 42.6. The third-order valence-corrected chi connectivity index (χ3v) is 5.68. The summed E-state index contributed by atoms with van der Waals surface area (Å²) in [4.78, 5) is 0.257. The molecule has 6 nitrogen and oxygen atoms in total. The van der Waals surface area contributed by atoms with Gasteiger partial charge in [0.2, 0.25) is 15.8 Å². The fourth-order valence-corrected chi connectivity index (χ4v) is 3.62. The van der Waals surface area contributed by atoms with Gasteiger partial charge in [-0.25, -0.2) is 8.42 Å². The zero-order valence-electron chi connectivity index (χ0n) is 15.1. The Morgan fingerprint density at radius 1 is 0.920 bits per heavy atom. The van der Waals surface area contributed by atoms with Crippen molar-refractivity contribution in [1.82, 2.24) is 4.31 Å². The minimum absolute atomic E-state index is 0.174. The lowest BCUT2D eigenvalue weighted by atomic mass is 10.2. The van der Waals surface area contributed by atoms with Crippen molar-refractivity contribution in [2.45, 2.75) is 18.4 Å². The van der Waals surface area contributed by atoms with Crippen molar-refractivity contribution >= 4 is 10.0 Å². The van der Waals surface area contributed by atoms with E-state index in [-0.39, 0.29) is 11.4 Å². The molecule has 0 atom stereocenters. The molecular weight excluding hydrogens is 342 g/mol. The first kappa shape index (κ1) is 19.1. The van der Waals surface area contributed by atoms with E-state index in [0.717, 1.165) is 11.1 Å². The van der Waals surface area contributed by atoms with Gasteiger partial charge >= 0.3 is 0 Å². The maximum Gasteiger partial charge on any atom is 0.243 e. The second kappa shape index (κ2) is 7.76. The number of hydrogen-bond acceptors (Lipinski definition) is 5. The highest BCUT2D eigenvalue weighted by molar-refractivity contribution is 7.89. The van der Waals surface area contributed by atoms with E-state index in [2.05, 4.69) is 0 Å². The molecule has 25 heavy (non-hydrogen) atoms. The van der Waals surface area contributed by atoms with E-state index in [0.29, 0.717) is 17.2 Å². The predicted octanol–water partition coefficient (Wildman–Crippen LogP) is 2.84. The average molecular weight is 365 g/mol. The van der Waals surface area contributed by atoms with Gasteiger partial charge in [-0.3, -0.25) is 0 Å². The summed E-state index contributed by atoms with van der Waals surface area (Å²) in [7, 11) is 2.52. The molecule has 0 unspecified atom stereocenters. The van der Waals surface area contributed by atoms with Crippen molar-refractivity contribution in [3.63, 3.8) is 0 Å². The van der Waals surface area contributed by atoms with E-state index in [4.69, 9.17) is 14.2 Å². The Balaban J connectivity index is 2.33. The van der Waals surface area contributed by atoms with Gasteiger partial charge in [0.1, 0.15) is 0 Å². The fraction of sp³-hybridized carbons (Fsp3) is 0.333. The van der Waals surface area contributed by atoms with E-state index in [1.807, 2.05) is 6.92 Å². The Morgan fingerprint density at radius 2 is 1.44 bits per heavy atom. The smallest absolute Gasteiger partial charge is 0.243 e. The maximum absolute atomic E-state index is 12.7. The average Bonchev–Trinajstić information content (AvgIpc) is 2.61. The van der Waals surface area contributed by atoms with Gasteiger partial charge in [-0.15, -0.1) is 0 Å². The first-order valence-electron chi connectivity index (χ1n) is 7.65. The molecule has 2 aromatic carbocycles. The molecule has 7 heteroatoms. The minimum atomic E-state index is -3.59. The van der Waals surface area contributed by atoms with Gasteiger partial charge < -0.3 is 14.2 Å². The van der Waals surface area contributed by atoms with Gasteiger partial charge in [0.15, 0.2) is 11.5 Å². The number of aryl methyl sites for hydroxylation is 1. The van der Waals surface area contributed by atoms with Gasteiger partial charge in [-0.05, 0) is 36.8 Å². The topological polar surface area (TPSA) is 65.1 Å². The van der Waals surface area contributed by atoms with Crippen LogP contribution in [0, 0.1) is 6.92 Å². The highest BCUT2D eigenvalue weighted by Crippen LogP contribution is 2.38. The summed E-state index contributed by atoms with van der Waals surface area (Å²) in [6, 6.07) is 10.2. The van der Waals surface area contributed by atoms with Crippen LogP contribution in [0.25, 0.3) is 0 Å². The van der Waals surface area contributed by atoms with Gasteiger partial charge in [-0.2, -0.15) is 4.31 Å². The van der Waals surface area contributed by atoms with Gasteiger partial charge in [0.25, 0.3) is 0 Å². The van der Waals surface area contributed by atoms with Crippen molar-refractivity contribution in [2.75, 3.05) is 28.4 Å². The second-order valence-electron chi connectivity index (χ2n) is 5.61. The fourth-order valence-electron chi connectivity index (χ4n) is 2.46. The maximum atomic E-state index is 12.7.